The molecule has 1 unspecified atom stereocenters. The van der Waals surface area contributed by atoms with Gasteiger partial charge >= 0.3 is 5.97 Å². The Morgan fingerprint density at radius 1 is 1.17 bits per heavy atom. The lowest BCUT2D eigenvalue weighted by Crippen LogP contribution is -2.25. The van der Waals surface area contributed by atoms with Gasteiger partial charge in [0.05, 0.1) is 13.0 Å². The second-order valence-corrected chi connectivity index (χ2v) is 5.31. The summed E-state index contributed by atoms with van der Waals surface area (Å²) in [7, 11) is 1.49. The highest BCUT2D eigenvalue weighted by molar-refractivity contribution is 5.78. The molecule has 0 radical (unpaired) electrons. The van der Waals surface area contributed by atoms with Gasteiger partial charge in [-0.1, -0.05) is 49.1 Å². The minimum atomic E-state index is -0.0780. The molecule has 0 heterocycles. The van der Waals surface area contributed by atoms with Crippen LogP contribution in [0.15, 0.2) is 24.3 Å². The fourth-order valence-corrected chi connectivity index (χ4v) is 2.97. The molecule has 2 nitrogen and oxygen atoms in total. The van der Waals surface area contributed by atoms with Crippen molar-refractivity contribution in [2.24, 2.45) is 5.92 Å². The first-order chi connectivity index (χ1) is 8.72. The van der Waals surface area contributed by atoms with Crippen molar-refractivity contribution < 1.29 is 9.53 Å². The Hall–Kier alpha value is -1.31. The topological polar surface area (TPSA) is 26.3 Å². The number of carbonyl (C=O) groups is 1. The average Bonchev–Trinajstić information content (AvgIpc) is 2.42. The van der Waals surface area contributed by atoms with Gasteiger partial charge in [-0.2, -0.15) is 0 Å². The van der Waals surface area contributed by atoms with E-state index < -0.39 is 0 Å². The number of esters is 1. The predicted molar refractivity (Wildman–Crippen MR) is 72.5 cm³/mol. The maximum atomic E-state index is 12.1. The number of hydrogen-bond acceptors (Lipinski definition) is 2. The number of ether oxygens (including phenoxy) is 1. The molecular weight excluding hydrogens is 224 g/mol. The summed E-state index contributed by atoms with van der Waals surface area (Å²) < 4.78 is 5.01. The highest BCUT2D eigenvalue weighted by Crippen LogP contribution is 2.36. The van der Waals surface area contributed by atoms with E-state index in [0.29, 0.717) is 5.92 Å². The van der Waals surface area contributed by atoms with Crippen molar-refractivity contribution in [3.63, 3.8) is 0 Å². The van der Waals surface area contributed by atoms with Gasteiger partial charge < -0.3 is 4.74 Å². The molecule has 0 amide bonds. The zero-order valence-corrected chi connectivity index (χ0v) is 11.3. The summed E-state index contributed by atoms with van der Waals surface area (Å²) in [6.45, 7) is 2.07. The van der Waals surface area contributed by atoms with Crippen molar-refractivity contribution in [3.05, 3.63) is 35.4 Å². The van der Waals surface area contributed by atoms with Crippen molar-refractivity contribution in [2.45, 2.75) is 44.9 Å². The van der Waals surface area contributed by atoms with E-state index in [1.807, 2.05) is 0 Å². The lowest BCUT2D eigenvalue weighted by molar-refractivity contribution is -0.144. The van der Waals surface area contributed by atoms with Crippen LogP contribution in [0.4, 0.5) is 0 Å². The van der Waals surface area contributed by atoms with E-state index in [0.717, 1.165) is 18.4 Å². The molecule has 1 aliphatic rings. The predicted octanol–water partition coefficient (Wildman–Crippen LogP) is 3.83. The molecular formula is C16H22O2. The first kappa shape index (κ1) is 13.1. The molecule has 1 fully saturated rings. The summed E-state index contributed by atoms with van der Waals surface area (Å²) in [6.07, 6.45) is 6.08. The van der Waals surface area contributed by atoms with Crippen LogP contribution in [0.1, 0.15) is 49.1 Å². The summed E-state index contributed by atoms with van der Waals surface area (Å²) in [5.74, 6) is 0.301. The van der Waals surface area contributed by atoms with Gasteiger partial charge in [0.1, 0.15) is 0 Å². The number of rotatable bonds is 3. The van der Waals surface area contributed by atoms with Crippen molar-refractivity contribution in [1.82, 2.24) is 0 Å². The Morgan fingerprint density at radius 2 is 1.78 bits per heavy atom. The summed E-state index contributed by atoms with van der Waals surface area (Å²) in [6, 6.07) is 8.30. The molecule has 0 aliphatic heterocycles. The van der Waals surface area contributed by atoms with E-state index >= 15 is 0 Å². The number of hydrogen-bond donors (Lipinski definition) is 0. The quantitative estimate of drug-likeness (QED) is 0.758. The standard InChI is InChI=1S/C16H22O2/c1-12-8-10-14(11-9-12)15(16(17)18-2)13-6-4-3-5-7-13/h8-11,13,15H,3-7H2,1-2H3. The third-order valence-corrected chi connectivity index (χ3v) is 4.01. The zero-order valence-electron chi connectivity index (χ0n) is 11.3. The molecule has 1 saturated carbocycles. The van der Waals surface area contributed by atoms with Crippen LogP contribution in [0.3, 0.4) is 0 Å². The SMILES string of the molecule is COC(=O)C(c1ccc(C)cc1)C1CCCCC1. The fourth-order valence-electron chi connectivity index (χ4n) is 2.97. The molecule has 1 aliphatic carbocycles. The van der Waals surface area contributed by atoms with Gasteiger partial charge in [-0.15, -0.1) is 0 Å². The van der Waals surface area contributed by atoms with Gasteiger partial charge in [-0.3, -0.25) is 4.79 Å². The lowest BCUT2D eigenvalue weighted by Gasteiger charge is -2.28. The summed E-state index contributed by atoms with van der Waals surface area (Å²) in [5, 5.41) is 0. The molecule has 18 heavy (non-hydrogen) atoms. The van der Waals surface area contributed by atoms with E-state index in [4.69, 9.17) is 4.74 Å². The summed E-state index contributed by atoms with van der Waals surface area (Å²) in [4.78, 5) is 12.1. The number of carbonyl (C=O) groups excluding carboxylic acids is 1. The molecule has 98 valence electrons. The number of methoxy groups -OCH3 is 1. The van der Waals surface area contributed by atoms with Gasteiger partial charge in [-0.05, 0) is 31.2 Å². The Morgan fingerprint density at radius 3 is 2.33 bits per heavy atom. The molecule has 0 aromatic heterocycles. The Balaban J connectivity index is 2.23. The monoisotopic (exact) mass is 246 g/mol. The fraction of sp³-hybridized carbons (Fsp3) is 0.562. The average molecular weight is 246 g/mol. The number of aryl methyl sites for hydroxylation is 1. The van der Waals surface area contributed by atoms with Gasteiger partial charge in [0, 0.05) is 0 Å². The third-order valence-electron chi connectivity index (χ3n) is 4.01. The maximum Gasteiger partial charge on any atom is 0.313 e. The minimum Gasteiger partial charge on any atom is -0.469 e. The largest absolute Gasteiger partial charge is 0.469 e. The van der Waals surface area contributed by atoms with Crippen molar-refractivity contribution >= 4 is 5.97 Å². The van der Waals surface area contributed by atoms with Crippen molar-refractivity contribution in [1.29, 1.82) is 0 Å². The Labute approximate surface area is 109 Å². The van der Waals surface area contributed by atoms with Crippen LogP contribution in [-0.2, 0) is 9.53 Å². The molecule has 2 rings (SSSR count). The molecule has 1 atom stereocenters. The summed E-state index contributed by atoms with van der Waals surface area (Å²) in [5.41, 5.74) is 2.34. The smallest absolute Gasteiger partial charge is 0.313 e. The van der Waals surface area contributed by atoms with Crippen LogP contribution in [-0.4, -0.2) is 13.1 Å². The Bertz CT molecular complexity index is 388. The highest BCUT2D eigenvalue weighted by atomic mass is 16.5. The summed E-state index contributed by atoms with van der Waals surface area (Å²) >= 11 is 0. The van der Waals surface area contributed by atoms with Crippen LogP contribution in [0.2, 0.25) is 0 Å². The van der Waals surface area contributed by atoms with Crippen molar-refractivity contribution in [2.75, 3.05) is 7.11 Å². The third kappa shape index (κ3) is 2.92. The molecule has 2 heteroatoms. The second-order valence-electron chi connectivity index (χ2n) is 5.31. The maximum absolute atomic E-state index is 12.1. The molecule has 1 aromatic carbocycles. The van der Waals surface area contributed by atoms with Crippen LogP contribution in [0.25, 0.3) is 0 Å². The van der Waals surface area contributed by atoms with E-state index in [1.54, 1.807) is 0 Å². The van der Waals surface area contributed by atoms with Gasteiger partial charge in [0.15, 0.2) is 0 Å². The number of benzene rings is 1. The van der Waals surface area contributed by atoms with Gasteiger partial charge in [0.2, 0.25) is 0 Å². The van der Waals surface area contributed by atoms with Crippen LogP contribution in [0, 0.1) is 12.8 Å². The van der Waals surface area contributed by atoms with Crippen molar-refractivity contribution in [3.8, 4) is 0 Å². The molecule has 1 aromatic rings. The molecule has 0 N–H and O–H groups in total. The second kappa shape index (κ2) is 6.03. The Kier molecular flexibility index (Phi) is 4.40. The highest BCUT2D eigenvalue weighted by Gasteiger charge is 2.31. The molecule has 0 spiro atoms. The lowest BCUT2D eigenvalue weighted by atomic mass is 9.76. The normalized spacial score (nSPS) is 18.3. The van der Waals surface area contributed by atoms with E-state index in [9.17, 15) is 4.79 Å². The van der Waals surface area contributed by atoms with E-state index in [1.165, 1.54) is 31.9 Å². The van der Waals surface area contributed by atoms with E-state index in [2.05, 4.69) is 31.2 Å². The molecule has 0 bridgehead atoms. The van der Waals surface area contributed by atoms with Crippen LogP contribution < -0.4 is 0 Å². The van der Waals surface area contributed by atoms with Gasteiger partial charge in [0.25, 0.3) is 0 Å². The first-order valence-electron chi connectivity index (χ1n) is 6.87. The first-order valence-corrected chi connectivity index (χ1v) is 6.87. The van der Waals surface area contributed by atoms with Gasteiger partial charge in [-0.25, -0.2) is 0 Å². The van der Waals surface area contributed by atoms with Crippen LogP contribution in [0.5, 0.6) is 0 Å². The van der Waals surface area contributed by atoms with Crippen LogP contribution >= 0.6 is 0 Å². The molecule has 0 saturated heterocycles. The minimum absolute atomic E-state index is 0.0732. The van der Waals surface area contributed by atoms with E-state index in [-0.39, 0.29) is 11.9 Å². The zero-order chi connectivity index (χ0) is 13.0.